The molecule has 0 aliphatic carbocycles. The monoisotopic (exact) mass is 295 g/mol. The van der Waals surface area contributed by atoms with Gasteiger partial charge in [0.15, 0.2) is 0 Å². The molecule has 0 radical (unpaired) electrons. The lowest BCUT2D eigenvalue weighted by atomic mass is 10.2. The minimum atomic E-state index is -0.805. The summed E-state index contributed by atoms with van der Waals surface area (Å²) in [5, 5.41) is 14.8. The summed E-state index contributed by atoms with van der Waals surface area (Å²) < 4.78 is 5.23. The zero-order valence-electron chi connectivity index (χ0n) is 11.4. The van der Waals surface area contributed by atoms with Gasteiger partial charge in [0, 0.05) is 6.04 Å². The van der Waals surface area contributed by atoms with Crippen LogP contribution in [0.5, 0.6) is 0 Å². The average molecular weight is 295 g/mol. The van der Waals surface area contributed by atoms with Crippen LogP contribution in [-0.2, 0) is 11.3 Å². The number of rotatable bonds is 7. The third-order valence-electron chi connectivity index (χ3n) is 3.05. The second-order valence-electron chi connectivity index (χ2n) is 4.50. The average Bonchev–Trinajstić information content (AvgIpc) is 3.05. The van der Waals surface area contributed by atoms with Crippen molar-refractivity contribution in [2.24, 2.45) is 0 Å². The third kappa shape index (κ3) is 3.64. The first kappa shape index (κ1) is 14.7. The van der Waals surface area contributed by atoms with Gasteiger partial charge in [0.05, 0.1) is 17.8 Å². The van der Waals surface area contributed by atoms with E-state index in [0.29, 0.717) is 18.3 Å². The van der Waals surface area contributed by atoms with E-state index >= 15 is 0 Å². The molecule has 1 atom stereocenters. The molecule has 1 unspecified atom stereocenters. The Morgan fingerprint density at radius 2 is 2.40 bits per heavy atom. The molecule has 0 fully saturated rings. The third-order valence-corrected chi connectivity index (χ3v) is 3.91. The maximum atomic E-state index is 10.8. The van der Waals surface area contributed by atoms with E-state index in [0.717, 1.165) is 11.4 Å². The number of thiophene rings is 1. The molecule has 108 valence electrons. The molecule has 6 nitrogen and oxygen atoms in total. The molecule has 2 aromatic heterocycles. The zero-order valence-corrected chi connectivity index (χ0v) is 12.3. The van der Waals surface area contributed by atoms with Crippen LogP contribution in [0.3, 0.4) is 0 Å². The van der Waals surface area contributed by atoms with Gasteiger partial charge in [-0.3, -0.25) is 9.69 Å². The summed E-state index contributed by atoms with van der Waals surface area (Å²) >= 11 is 1.55. The van der Waals surface area contributed by atoms with Crippen molar-refractivity contribution in [2.45, 2.75) is 32.9 Å². The van der Waals surface area contributed by atoms with Crippen molar-refractivity contribution >= 4 is 17.3 Å². The SMILES string of the molecule is CCN(Cc1nc(-c2cccs2)no1)C(C)CC(=O)O. The van der Waals surface area contributed by atoms with E-state index in [-0.39, 0.29) is 12.5 Å². The van der Waals surface area contributed by atoms with E-state index < -0.39 is 5.97 Å². The van der Waals surface area contributed by atoms with Gasteiger partial charge in [0.2, 0.25) is 11.7 Å². The van der Waals surface area contributed by atoms with E-state index in [4.69, 9.17) is 9.63 Å². The van der Waals surface area contributed by atoms with Gasteiger partial charge in [0.1, 0.15) is 0 Å². The number of aliphatic carboxylic acids is 1. The normalized spacial score (nSPS) is 12.8. The Morgan fingerprint density at radius 1 is 1.60 bits per heavy atom. The van der Waals surface area contributed by atoms with E-state index in [2.05, 4.69) is 10.1 Å². The van der Waals surface area contributed by atoms with Gasteiger partial charge in [-0.05, 0) is 24.9 Å². The Bertz CT molecular complexity index is 553. The molecule has 2 rings (SSSR count). The number of carboxylic acid groups (broad SMARTS) is 1. The quantitative estimate of drug-likeness (QED) is 0.845. The predicted octanol–water partition coefficient (Wildman–Crippen LogP) is 2.48. The van der Waals surface area contributed by atoms with Crippen LogP contribution in [0.1, 0.15) is 26.2 Å². The first-order valence-corrected chi connectivity index (χ1v) is 7.30. The van der Waals surface area contributed by atoms with Gasteiger partial charge in [-0.15, -0.1) is 11.3 Å². The zero-order chi connectivity index (χ0) is 14.5. The highest BCUT2D eigenvalue weighted by Crippen LogP contribution is 2.21. The molecular weight excluding hydrogens is 278 g/mol. The largest absolute Gasteiger partial charge is 0.481 e. The molecule has 0 aliphatic heterocycles. The van der Waals surface area contributed by atoms with E-state index in [9.17, 15) is 4.79 Å². The number of hydrogen-bond acceptors (Lipinski definition) is 6. The Balaban J connectivity index is 2.03. The van der Waals surface area contributed by atoms with Crippen LogP contribution in [0, 0.1) is 0 Å². The lowest BCUT2D eigenvalue weighted by Gasteiger charge is -2.24. The molecule has 0 aromatic carbocycles. The van der Waals surface area contributed by atoms with Crippen molar-refractivity contribution in [3.8, 4) is 10.7 Å². The maximum Gasteiger partial charge on any atom is 0.304 e. The lowest BCUT2D eigenvalue weighted by molar-refractivity contribution is -0.138. The molecule has 0 saturated carbocycles. The fraction of sp³-hybridized carbons (Fsp3) is 0.462. The number of carboxylic acids is 1. The molecule has 0 amide bonds. The first-order valence-electron chi connectivity index (χ1n) is 6.42. The van der Waals surface area contributed by atoms with Crippen molar-refractivity contribution in [1.82, 2.24) is 15.0 Å². The Morgan fingerprint density at radius 3 is 3.00 bits per heavy atom. The summed E-state index contributed by atoms with van der Waals surface area (Å²) in [5.41, 5.74) is 0. The minimum absolute atomic E-state index is 0.0745. The summed E-state index contributed by atoms with van der Waals surface area (Å²) in [6.45, 7) is 5.05. The predicted molar refractivity (Wildman–Crippen MR) is 75.4 cm³/mol. The lowest BCUT2D eigenvalue weighted by Crippen LogP contribution is -2.34. The van der Waals surface area contributed by atoms with Crippen LogP contribution in [0.15, 0.2) is 22.0 Å². The van der Waals surface area contributed by atoms with Crippen LogP contribution in [-0.4, -0.2) is 38.7 Å². The van der Waals surface area contributed by atoms with E-state index in [1.165, 1.54) is 0 Å². The smallest absolute Gasteiger partial charge is 0.304 e. The molecule has 7 heteroatoms. The highest BCUT2D eigenvalue weighted by atomic mass is 32.1. The fourth-order valence-corrected chi connectivity index (χ4v) is 2.61. The van der Waals surface area contributed by atoms with Gasteiger partial charge < -0.3 is 9.63 Å². The summed E-state index contributed by atoms with van der Waals surface area (Å²) in [5.74, 6) is 0.283. The fourth-order valence-electron chi connectivity index (χ4n) is 1.96. The van der Waals surface area contributed by atoms with Gasteiger partial charge in [-0.2, -0.15) is 4.98 Å². The second kappa shape index (κ2) is 6.62. The van der Waals surface area contributed by atoms with Gasteiger partial charge in [-0.25, -0.2) is 0 Å². The Labute approximate surface area is 121 Å². The summed E-state index contributed by atoms with van der Waals surface area (Å²) in [6, 6.07) is 3.79. The first-order chi connectivity index (χ1) is 9.60. The molecule has 0 spiro atoms. The summed E-state index contributed by atoms with van der Waals surface area (Å²) in [4.78, 5) is 18.1. The summed E-state index contributed by atoms with van der Waals surface area (Å²) in [6.07, 6.45) is 0.0970. The Hall–Kier alpha value is -1.73. The van der Waals surface area contributed by atoms with Crippen LogP contribution in [0.4, 0.5) is 0 Å². The molecule has 1 N–H and O–H groups in total. The van der Waals surface area contributed by atoms with Crippen molar-refractivity contribution in [1.29, 1.82) is 0 Å². The standard InChI is InChI=1S/C13H17N3O3S/c1-3-16(9(2)7-12(17)18)8-11-14-13(15-19-11)10-5-4-6-20-10/h4-6,9H,3,7-8H2,1-2H3,(H,17,18). The second-order valence-corrected chi connectivity index (χ2v) is 5.45. The van der Waals surface area contributed by atoms with Crippen molar-refractivity contribution in [3.63, 3.8) is 0 Å². The van der Waals surface area contributed by atoms with Gasteiger partial charge in [0.25, 0.3) is 0 Å². The number of nitrogens with zero attached hydrogens (tertiary/aromatic N) is 3. The molecule has 0 aliphatic rings. The van der Waals surface area contributed by atoms with Crippen molar-refractivity contribution in [2.75, 3.05) is 6.54 Å². The van der Waals surface area contributed by atoms with E-state index in [1.54, 1.807) is 11.3 Å². The molecule has 20 heavy (non-hydrogen) atoms. The topological polar surface area (TPSA) is 79.5 Å². The molecular formula is C13H17N3O3S. The van der Waals surface area contributed by atoms with E-state index in [1.807, 2.05) is 36.3 Å². The minimum Gasteiger partial charge on any atom is -0.481 e. The van der Waals surface area contributed by atoms with Gasteiger partial charge >= 0.3 is 5.97 Å². The molecule has 0 saturated heterocycles. The molecule has 2 heterocycles. The maximum absolute atomic E-state index is 10.8. The van der Waals surface area contributed by atoms with Crippen LogP contribution in [0.25, 0.3) is 10.7 Å². The summed E-state index contributed by atoms with van der Waals surface area (Å²) in [7, 11) is 0. The van der Waals surface area contributed by atoms with Gasteiger partial charge in [-0.1, -0.05) is 18.1 Å². The number of hydrogen-bond donors (Lipinski definition) is 1. The van der Waals surface area contributed by atoms with Crippen LogP contribution in [0.2, 0.25) is 0 Å². The Kier molecular flexibility index (Phi) is 4.86. The number of carbonyl (C=O) groups is 1. The highest BCUT2D eigenvalue weighted by Gasteiger charge is 2.19. The van der Waals surface area contributed by atoms with Crippen LogP contribution < -0.4 is 0 Å². The molecule has 0 bridgehead atoms. The van der Waals surface area contributed by atoms with Crippen molar-refractivity contribution in [3.05, 3.63) is 23.4 Å². The molecule has 2 aromatic rings. The highest BCUT2D eigenvalue weighted by molar-refractivity contribution is 7.13. The number of aromatic nitrogens is 2. The van der Waals surface area contributed by atoms with Crippen molar-refractivity contribution < 1.29 is 14.4 Å². The van der Waals surface area contributed by atoms with Crippen LogP contribution >= 0.6 is 11.3 Å².